The van der Waals surface area contributed by atoms with Crippen molar-refractivity contribution in [3.8, 4) is 0 Å². The quantitative estimate of drug-likeness (QED) is 0.898. The Bertz CT molecular complexity index is 579. The number of benzene rings is 1. The molecule has 1 saturated heterocycles. The highest BCUT2D eigenvalue weighted by Crippen LogP contribution is 2.22. The molecule has 0 unspecified atom stereocenters. The number of hydrogen-bond donors (Lipinski definition) is 1. The second kappa shape index (κ2) is 4.89. The van der Waals surface area contributed by atoms with Gasteiger partial charge in [0.05, 0.1) is 4.90 Å². The number of piperazine rings is 1. The van der Waals surface area contributed by atoms with E-state index in [0.717, 1.165) is 11.1 Å². The van der Waals surface area contributed by atoms with E-state index in [9.17, 15) is 8.42 Å². The highest BCUT2D eigenvalue weighted by molar-refractivity contribution is 7.89. The van der Waals surface area contributed by atoms with Crippen molar-refractivity contribution >= 4 is 10.0 Å². The first-order valence-corrected chi connectivity index (χ1v) is 7.99. The smallest absolute Gasteiger partial charge is 0.243 e. The van der Waals surface area contributed by atoms with E-state index in [1.165, 1.54) is 0 Å². The minimum Gasteiger partial charge on any atom is -0.309 e. The first-order chi connectivity index (χ1) is 8.72. The Morgan fingerprint density at radius 3 is 2.47 bits per heavy atom. The molecule has 2 rings (SSSR count). The van der Waals surface area contributed by atoms with Crippen LogP contribution in [0.2, 0.25) is 0 Å². The highest BCUT2D eigenvalue weighted by atomic mass is 32.2. The third kappa shape index (κ3) is 2.99. The van der Waals surface area contributed by atoms with Gasteiger partial charge in [-0.3, -0.25) is 0 Å². The predicted molar refractivity (Wildman–Crippen MR) is 76.8 cm³/mol. The molecule has 4 nitrogen and oxygen atoms in total. The van der Waals surface area contributed by atoms with E-state index in [1.54, 1.807) is 16.4 Å². The SMILES string of the molecule is Cc1ccc(S(=O)(=O)N2CCNC(C)(C)C2)cc1C. The van der Waals surface area contributed by atoms with Gasteiger partial charge in [-0.05, 0) is 51.0 Å². The monoisotopic (exact) mass is 282 g/mol. The zero-order valence-corrected chi connectivity index (χ0v) is 12.8. The average molecular weight is 282 g/mol. The van der Waals surface area contributed by atoms with Gasteiger partial charge in [-0.2, -0.15) is 4.31 Å². The van der Waals surface area contributed by atoms with E-state index in [1.807, 2.05) is 33.8 Å². The molecule has 0 spiro atoms. The van der Waals surface area contributed by atoms with Crippen molar-refractivity contribution in [2.24, 2.45) is 0 Å². The van der Waals surface area contributed by atoms with Crippen LogP contribution < -0.4 is 5.32 Å². The molecule has 0 radical (unpaired) electrons. The topological polar surface area (TPSA) is 49.4 Å². The number of hydrogen-bond acceptors (Lipinski definition) is 3. The van der Waals surface area contributed by atoms with Crippen LogP contribution in [0.3, 0.4) is 0 Å². The summed E-state index contributed by atoms with van der Waals surface area (Å²) in [4.78, 5) is 0.397. The maximum absolute atomic E-state index is 12.6. The van der Waals surface area contributed by atoms with E-state index < -0.39 is 10.0 Å². The first-order valence-electron chi connectivity index (χ1n) is 6.55. The van der Waals surface area contributed by atoms with E-state index >= 15 is 0 Å². The second-order valence-corrected chi connectivity index (χ2v) is 7.83. The van der Waals surface area contributed by atoms with E-state index in [4.69, 9.17) is 0 Å². The maximum atomic E-state index is 12.6. The number of sulfonamides is 1. The van der Waals surface area contributed by atoms with Crippen molar-refractivity contribution in [1.82, 2.24) is 9.62 Å². The summed E-state index contributed by atoms with van der Waals surface area (Å²) in [6.45, 7) is 9.69. The van der Waals surface area contributed by atoms with Crippen LogP contribution in [0, 0.1) is 13.8 Å². The molecule has 0 aromatic heterocycles. The number of aryl methyl sites for hydroxylation is 2. The van der Waals surface area contributed by atoms with Crippen molar-refractivity contribution in [2.45, 2.75) is 38.1 Å². The Hall–Kier alpha value is -0.910. The molecule has 5 heteroatoms. The van der Waals surface area contributed by atoms with Gasteiger partial charge in [0.2, 0.25) is 10.0 Å². The number of nitrogens with zero attached hydrogens (tertiary/aromatic N) is 1. The summed E-state index contributed by atoms with van der Waals surface area (Å²) >= 11 is 0. The van der Waals surface area contributed by atoms with Gasteiger partial charge in [0.25, 0.3) is 0 Å². The van der Waals surface area contributed by atoms with Crippen molar-refractivity contribution in [2.75, 3.05) is 19.6 Å². The standard InChI is InChI=1S/C14H22N2O2S/c1-11-5-6-13(9-12(11)2)19(17,18)16-8-7-15-14(3,4)10-16/h5-6,9,15H,7-8,10H2,1-4H3. The van der Waals surface area contributed by atoms with Crippen molar-refractivity contribution in [3.63, 3.8) is 0 Å². The van der Waals surface area contributed by atoms with Crippen LogP contribution in [0.4, 0.5) is 0 Å². The first kappa shape index (κ1) is 14.5. The molecule has 0 amide bonds. The van der Waals surface area contributed by atoms with E-state index in [-0.39, 0.29) is 5.54 Å². The Balaban J connectivity index is 2.34. The molecule has 1 aliphatic heterocycles. The normalized spacial score (nSPS) is 20.4. The largest absolute Gasteiger partial charge is 0.309 e. The van der Waals surface area contributed by atoms with Crippen molar-refractivity contribution in [3.05, 3.63) is 29.3 Å². The molecule has 1 aliphatic rings. The molecule has 0 aliphatic carbocycles. The molecular weight excluding hydrogens is 260 g/mol. The third-order valence-corrected chi connectivity index (χ3v) is 5.49. The number of rotatable bonds is 2. The van der Waals surface area contributed by atoms with Crippen molar-refractivity contribution in [1.29, 1.82) is 0 Å². The fourth-order valence-corrected chi connectivity index (χ4v) is 4.01. The van der Waals surface area contributed by atoms with Crippen LogP contribution in [0.15, 0.2) is 23.1 Å². The molecule has 1 aromatic carbocycles. The minimum absolute atomic E-state index is 0.176. The number of nitrogens with one attached hydrogen (secondary N) is 1. The Labute approximate surface area is 115 Å². The minimum atomic E-state index is -3.38. The summed E-state index contributed by atoms with van der Waals surface area (Å²) in [6, 6.07) is 5.34. The molecule has 19 heavy (non-hydrogen) atoms. The maximum Gasteiger partial charge on any atom is 0.243 e. The van der Waals surface area contributed by atoms with Gasteiger partial charge in [-0.25, -0.2) is 8.42 Å². The lowest BCUT2D eigenvalue weighted by Gasteiger charge is -2.38. The van der Waals surface area contributed by atoms with Crippen LogP contribution in [0.5, 0.6) is 0 Å². The fraction of sp³-hybridized carbons (Fsp3) is 0.571. The summed E-state index contributed by atoms with van der Waals surface area (Å²) < 4.78 is 26.9. The van der Waals surface area contributed by atoms with Gasteiger partial charge < -0.3 is 5.32 Å². The van der Waals surface area contributed by atoms with Crippen LogP contribution in [0.25, 0.3) is 0 Å². The summed E-state index contributed by atoms with van der Waals surface area (Å²) in [5.41, 5.74) is 1.94. The predicted octanol–water partition coefficient (Wildman–Crippen LogP) is 1.68. The summed E-state index contributed by atoms with van der Waals surface area (Å²) in [5.74, 6) is 0. The van der Waals surface area contributed by atoms with Gasteiger partial charge in [-0.1, -0.05) is 6.07 Å². The Morgan fingerprint density at radius 1 is 1.21 bits per heavy atom. The Kier molecular flexibility index (Phi) is 3.73. The van der Waals surface area contributed by atoms with Crippen LogP contribution in [-0.4, -0.2) is 37.9 Å². The molecule has 1 heterocycles. The summed E-state index contributed by atoms with van der Waals surface area (Å²) in [7, 11) is -3.38. The average Bonchev–Trinajstić information content (AvgIpc) is 2.31. The van der Waals surface area contributed by atoms with E-state index in [0.29, 0.717) is 24.5 Å². The molecule has 0 atom stereocenters. The molecule has 1 N–H and O–H groups in total. The van der Waals surface area contributed by atoms with Gasteiger partial charge in [0.15, 0.2) is 0 Å². The second-order valence-electron chi connectivity index (χ2n) is 5.90. The van der Waals surface area contributed by atoms with Crippen LogP contribution in [-0.2, 0) is 10.0 Å². The van der Waals surface area contributed by atoms with Gasteiger partial charge in [-0.15, -0.1) is 0 Å². The third-order valence-electron chi connectivity index (χ3n) is 3.65. The zero-order chi connectivity index (χ0) is 14.3. The molecular formula is C14H22N2O2S. The van der Waals surface area contributed by atoms with Gasteiger partial charge in [0, 0.05) is 25.2 Å². The zero-order valence-electron chi connectivity index (χ0n) is 12.0. The van der Waals surface area contributed by atoms with E-state index in [2.05, 4.69) is 5.32 Å². The molecule has 106 valence electrons. The molecule has 0 saturated carbocycles. The fourth-order valence-electron chi connectivity index (χ4n) is 2.32. The summed E-state index contributed by atoms with van der Waals surface area (Å²) in [5, 5.41) is 3.33. The van der Waals surface area contributed by atoms with Crippen molar-refractivity contribution < 1.29 is 8.42 Å². The lowest BCUT2D eigenvalue weighted by Crippen LogP contribution is -2.58. The Morgan fingerprint density at radius 2 is 1.89 bits per heavy atom. The molecule has 0 bridgehead atoms. The van der Waals surface area contributed by atoms with Crippen LogP contribution >= 0.6 is 0 Å². The molecule has 1 fully saturated rings. The van der Waals surface area contributed by atoms with Gasteiger partial charge >= 0.3 is 0 Å². The lowest BCUT2D eigenvalue weighted by atomic mass is 10.0. The van der Waals surface area contributed by atoms with Crippen LogP contribution in [0.1, 0.15) is 25.0 Å². The highest BCUT2D eigenvalue weighted by Gasteiger charge is 2.33. The summed E-state index contributed by atoms with van der Waals surface area (Å²) in [6.07, 6.45) is 0. The molecule has 1 aromatic rings. The van der Waals surface area contributed by atoms with Gasteiger partial charge in [0.1, 0.15) is 0 Å². The lowest BCUT2D eigenvalue weighted by molar-refractivity contribution is 0.233.